The molecule has 0 saturated heterocycles. The molecule has 0 saturated carbocycles. The number of aromatic nitrogens is 1. The fraction of sp³-hybridized carbons (Fsp3) is 0.263. The van der Waals surface area contributed by atoms with Crippen LogP contribution in [0.1, 0.15) is 40.6 Å². The summed E-state index contributed by atoms with van der Waals surface area (Å²) in [6.07, 6.45) is 3.10. The number of nitrogens with one attached hydrogen (secondary N) is 1. The van der Waals surface area contributed by atoms with Gasteiger partial charge in [-0.15, -0.1) is 22.7 Å². The summed E-state index contributed by atoms with van der Waals surface area (Å²) in [7, 11) is 0. The van der Waals surface area contributed by atoms with Crippen molar-refractivity contribution in [1.29, 1.82) is 0 Å². The first-order valence-electron chi connectivity index (χ1n) is 7.96. The van der Waals surface area contributed by atoms with Crippen molar-refractivity contribution in [2.45, 2.75) is 32.6 Å². The van der Waals surface area contributed by atoms with Gasteiger partial charge in [-0.3, -0.25) is 4.79 Å². The molecule has 5 heteroatoms. The van der Waals surface area contributed by atoms with E-state index in [-0.39, 0.29) is 5.91 Å². The zero-order valence-corrected chi connectivity index (χ0v) is 15.4. The topological polar surface area (TPSA) is 42.0 Å². The Hall–Kier alpha value is -1.98. The summed E-state index contributed by atoms with van der Waals surface area (Å²) in [6, 6.07) is 12.6. The minimum Gasteiger partial charge on any atom is -0.302 e. The molecule has 0 aliphatic heterocycles. The van der Waals surface area contributed by atoms with Gasteiger partial charge in [0, 0.05) is 22.4 Å². The van der Waals surface area contributed by atoms with E-state index in [1.54, 1.807) is 11.3 Å². The molecule has 3 rings (SSSR count). The SMILES string of the molecule is CC(C)c1ccc(Cc2cnc(NC(=O)Cc3cccs3)s2)cc1. The standard InChI is InChI=1S/C19H20N2OS2/c1-13(2)15-7-5-14(6-8-15)10-17-12-20-19(24-17)21-18(22)11-16-4-3-9-23-16/h3-9,12-13H,10-11H2,1-2H3,(H,20,21,22). The maximum atomic E-state index is 12.0. The van der Waals surface area contributed by atoms with Gasteiger partial charge >= 0.3 is 0 Å². The smallest absolute Gasteiger partial charge is 0.231 e. The fourth-order valence-electron chi connectivity index (χ4n) is 2.40. The van der Waals surface area contributed by atoms with Crippen LogP contribution in [0.4, 0.5) is 5.13 Å². The van der Waals surface area contributed by atoms with E-state index >= 15 is 0 Å². The van der Waals surface area contributed by atoms with Gasteiger partial charge < -0.3 is 5.32 Å². The molecule has 0 fully saturated rings. The third-order valence-electron chi connectivity index (χ3n) is 3.74. The second-order valence-corrected chi connectivity index (χ2v) is 8.16. The maximum Gasteiger partial charge on any atom is 0.231 e. The van der Waals surface area contributed by atoms with Gasteiger partial charge in [0.15, 0.2) is 5.13 Å². The number of amides is 1. The van der Waals surface area contributed by atoms with Gasteiger partial charge in [0.1, 0.15) is 0 Å². The Morgan fingerprint density at radius 1 is 1.17 bits per heavy atom. The molecule has 0 aliphatic carbocycles. The van der Waals surface area contributed by atoms with Gasteiger partial charge in [0.25, 0.3) is 0 Å². The number of rotatable bonds is 6. The average molecular weight is 357 g/mol. The van der Waals surface area contributed by atoms with Crippen LogP contribution in [0.15, 0.2) is 48.0 Å². The third kappa shape index (κ3) is 4.52. The highest BCUT2D eigenvalue weighted by atomic mass is 32.1. The fourth-order valence-corrected chi connectivity index (χ4v) is 3.97. The number of benzene rings is 1. The van der Waals surface area contributed by atoms with Crippen molar-refractivity contribution < 1.29 is 4.79 Å². The van der Waals surface area contributed by atoms with E-state index in [0.29, 0.717) is 17.5 Å². The number of thiophene rings is 1. The van der Waals surface area contributed by atoms with E-state index in [1.165, 1.54) is 22.5 Å². The van der Waals surface area contributed by atoms with Crippen molar-refractivity contribution in [3.8, 4) is 0 Å². The summed E-state index contributed by atoms with van der Waals surface area (Å²) in [5, 5.41) is 5.54. The number of nitrogens with zero attached hydrogens (tertiary/aromatic N) is 1. The van der Waals surface area contributed by atoms with Crippen LogP contribution in [-0.4, -0.2) is 10.9 Å². The predicted molar refractivity (Wildman–Crippen MR) is 102 cm³/mol. The molecule has 124 valence electrons. The van der Waals surface area contributed by atoms with E-state index in [0.717, 1.165) is 16.2 Å². The van der Waals surface area contributed by atoms with Crippen LogP contribution < -0.4 is 5.32 Å². The predicted octanol–water partition coefficient (Wildman–Crippen LogP) is 5.10. The zero-order chi connectivity index (χ0) is 16.9. The summed E-state index contributed by atoms with van der Waals surface area (Å²) >= 11 is 3.13. The van der Waals surface area contributed by atoms with Crippen LogP contribution in [0.25, 0.3) is 0 Å². The molecule has 0 radical (unpaired) electrons. The highest BCUT2D eigenvalue weighted by molar-refractivity contribution is 7.15. The molecule has 1 amide bonds. The largest absolute Gasteiger partial charge is 0.302 e. The van der Waals surface area contributed by atoms with Crippen LogP contribution in [0, 0.1) is 0 Å². The van der Waals surface area contributed by atoms with E-state index < -0.39 is 0 Å². The van der Waals surface area contributed by atoms with Crippen LogP contribution in [0.3, 0.4) is 0 Å². The average Bonchev–Trinajstić information content (AvgIpc) is 3.20. The molecule has 3 aromatic rings. The summed E-state index contributed by atoms with van der Waals surface area (Å²) in [6.45, 7) is 4.40. The van der Waals surface area contributed by atoms with Gasteiger partial charge in [0.2, 0.25) is 5.91 Å². The molecule has 24 heavy (non-hydrogen) atoms. The number of anilines is 1. The van der Waals surface area contributed by atoms with Crippen LogP contribution in [-0.2, 0) is 17.6 Å². The van der Waals surface area contributed by atoms with Crippen LogP contribution >= 0.6 is 22.7 Å². The van der Waals surface area contributed by atoms with E-state index in [1.807, 2.05) is 23.7 Å². The molecule has 1 N–H and O–H groups in total. The van der Waals surface area contributed by atoms with Gasteiger partial charge in [-0.05, 0) is 28.5 Å². The molecular weight excluding hydrogens is 336 g/mol. The first-order chi connectivity index (χ1) is 11.6. The Kier molecular flexibility index (Phi) is 5.43. The Morgan fingerprint density at radius 2 is 1.96 bits per heavy atom. The molecule has 0 atom stereocenters. The van der Waals surface area contributed by atoms with Gasteiger partial charge in [-0.25, -0.2) is 4.98 Å². The minimum atomic E-state index is -0.0142. The number of carbonyl (C=O) groups is 1. The Morgan fingerprint density at radius 3 is 2.62 bits per heavy atom. The van der Waals surface area contributed by atoms with Crippen molar-refractivity contribution in [2.24, 2.45) is 0 Å². The Labute approximate surface area is 150 Å². The maximum absolute atomic E-state index is 12.0. The lowest BCUT2D eigenvalue weighted by Gasteiger charge is -2.06. The van der Waals surface area contributed by atoms with E-state index in [9.17, 15) is 4.79 Å². The van der Waals surface area contributed by atoms with Crippen LogP contribution in [0.2, 0.25) is 0 Å². The highest BCUT2D eigenvalue weighted by Crippen LogP contribution is 2.23. The lowest BCUT2D eigenvalue weighted by atomic mass is 10.0. The van der Waals surface area contributed by atoms with E-state index in [4.69, 9.17) is 0 Å². The van der Waals surface area contributed by atoms with Crippen molar-refractivity contribution in [3.63, 3.8) is 0 Å². The number of hydrogen-bond acceptors (Lipinski definition) is 4. The molecular formula is C19H20N2OS2. The summed E-state index contributed by atoms with van der Waals surface area (Å²) in [5.74, 6) is 0.534. The molecule has 1 aromatic carbocycles. The number of thiazole rings is 1. The lowest BCUT2D eigenvalue weighted by molar-refractivity contribution is -0.115. The number of carbonyl (C=O) groups excluding carboxylic acids is 1. The zero-order valence-electron chi connectivity index (χ0n) is 13.8. The van der Waals surface area contributed by atoms with Gasteiger partial charge in [-0.2, -0.15) is 0 Å². The molecule has 0 spiro atoms. The minimum absolute atomic E-state index is 0.0142. The normalized spacial score (nSPS) is 11.0. The van der Waals surface area contributed by atoms with Crippen molar-refractivity contribution >= 4 is 33.7 Å². The molecule has 0 unspecified atom stereocenters. The highest BCUT2D eigenvalue weighted by Gasteiger charge is 2.09. The Bertz CT molecular complexity index is 789. The lowest BCUT2D eigenvalue weighted by Crippen LogP contribution is -2.13. The van der Waals surface area contributed by atoms with Crippen molar-refractivity contribution in [1.82, 2.24) is 4.98 Å². The van der Waals surface area contributed by atoms with Crippen molar-refractivity contribution in [2.75, 3.05) is 5.32 Å². The molecule has 0 aliphatic rings. The first-order valence-corrected chi connectivity index (χ1v) is 9.65. The molecule has 3 nitrogen and oxygen atoms in total. The first kappa shape index (κ1) is 16.9. The Balaban J connectivity index is 1.58. The monoisotopic (exact) mass is 356 g/mol. The third-order valence-corrected chi connectivity index (χ3v) is 5.53. The van der Waals surface area contributed by atoms with Crippen LogP contribution in [0.5, 0.6) is 0 Å². The molecule has 2 aromatic heterocycles. The van der Waals surface area contributed by atoms with Gasteiger partial charge in [-0.1, -0.05) is 44.2 Å². The van der Waals surface area contributed by atoms with Crippen molar-refractivity contribution in [3.05, 3.63) is 68.9 Å². The summed E-state index contributed by atoms with van der Waals surface area (Å²) < 4.78 is 0. The molecule has 2 heterocycles. The summed E-state index contributed by atoms with van der Waals surface area (Å²) in [4.78, 5) is 18.5. The van der Waals surface area contributed by atoms with E-state index in [2.05, 4.69) is 48.4 Å². The second-order valence-electron chi connectivity index (χ2n) is 6.01. The summed E-state index contributed by atoms with van der Waals surface area (Å²) in [5.41, 5.74) is 2.61. The second kappa shape index (κ2) is 7.73. The number of hydrogen-bond donors (Lipinski definition) is 1. The quantitative estimate of drug-likeness (QED) is 0.667. The molecule has 0 bridgehead atoms. The van der Waals surface area contributed by atoms with Gasteiger partial charge in [0.05, 0.1) is 6.42 Å².